The van der Waals surface area contributed by atoms with Crippen LogP contribution in [0.4, 0.5) is 15.3 Å². The van der Waals surface area contributed by atoms with Crippen LogP contribution in [0.25, 0.3) is 0 Å². The Morgan fingerprint density at radius 1 is 0.568 bits per heavy atom. The summed E-state index contributed by atoms with van der Waals surface area (Å²) in [7, 11) is -8.11. The zero-order chi connectivity index (χ0) is 67.5. The number of aliphatic hydroxyl groups excluding tert-OH is 2. The van der Waals surface area contributed by atoms with Crippen LogP contribution in [0, 0.1) is 35.8 Å². The Labute approximate surface area is 554 Å². The molecule has 11 rings (SSSR count). The van der Waals surface area contributed by atoms with E-state index in [0.717, 1.165) is 108 Å². The van der Waals surface area contributed by atoms with Crippen LogP contribution in [-0.2, 0) is 75.8 Å². The zero-order valence-corrected chi connectivity index (χ0v) is 55.3. The molecule has 0 radical (unpaired) electrons. The van der Waals surface area contributed by atoms with Gasteiger partial charge in [-0.05, 0) is 113 Å². The van der Waals surface area contributed by atoms with Gasteiger partial charge in [0.25, 0.3) is 25.7 Å². The van der Waals surface area contributed by atoms with E-state index in [1.165, 1.54) is 43.3 Å². The van der Waals surface area contributed by atoms with E-state index in [1.54, 1.807) is 36.4 Å². The Kier molecular flexibility index (Phi) is 26.5. The fourth-order valence-corrected chi connectivity index (χ4v) is 14.7. The van der Waals surface area contributed by atoms with Crippen LogP contribution in [0.1, 0.15) is 106 Å². The number of ether oxygens (including phenoxy) is 7. The van der Waals surface area contributed by atoms with Crippen molar-refractivity contribution in [3.05, 3.63) is 166 Å². The minimum atomic E-state index is -4.10. The summed E-state index contributed by atoms with van der Waals surface area (Å²) in [6, 6.07) is 35.6. The van der Waals surface area contributed by atoms with Gasteiger partial charge in [0.15, 0.2) is 12.6 Å². The van der Waals surface area contributed by atoms with Gasteiger partial charge in [-0.3, -0.25) is 24.6 Å². The molecule has 2 saturated carbocycles. The van der Waals surface area contributed by atoms with E-state index in [0.29, 0.717) is 19.6 Å². The Morgan fingerprint density at radius 3 is 1.41 bits per heavy atom. The van der Waals surface area contributed by atoms with E-state index in [4.69, 9.17) is 42.8 Å². The highest BCUT2D eigenvalue weighted by Crippen LogP contribution is 2.35. The van der Waals surface area contributed by atoms with Crippen molar-refractivity contribution in [3.8, 4) is 5.75 Å². The van der Waals surface area contributed by atoms with Gasteiger partial charge < -0.3 is 54.0 Å². The number of alkyl carbamates (subject to hydrolysis) is 1. The normalized spacial score (nSPS) is 22.5. The van der Waals surface area contributed by atoms with E-state index < -0.39 is 67.6 Å². The van der Waals surface area contributed by atoms with Crippen molar-refractivity contribution in [2.45, 2.75) is 182 Å². The van der Waals surface area contributed by atoms with Crippen LogP contribution >= 0.6 is 0 Å². The molecule has 5 aromatic rings. The first-order chi connectivity index (χ1) is 45.7. The maximum absolute atomic E-state index is 13.7. The largest absolute Gasteiger partial charge is 0.514 e. The van der Waals surface area contributed by atoms with Crippen molar-refractivity contribution in [3.63, 3.8) is 0 Å². The topological polar surface area (TPSA) is 317 Å². The van der Waals surface area contributed by atoms with Crippen molar-refractivity contribution in [2.75, 3.05) is 39.5 Å². The lowest BCUT2D eigenvalue weighted by atomic mass is 9.98. The van der Waals surface area contributed by atoms with Crippen LogP contribution in [0.5, 0.6) is 5.75 Å². The molecule has 4 aliphatic heterocycles. The SMILES string of the molecule is CC(=O)N[C@@H](Cc1ccccc1)[C@H](O)CN(OC1CCCCC1)S(=O)(=O)c1ccc(C)cc1.Cc1ccc(S(=O)(=O)N(C[C@@H](O)[C@H](Cc2ccccc2)NC(=O)OC2CO[C@H]3OCC[C@@H]23)OC2CCCCC2)cc1.O=C(Oc1ccc([N+](=O)[O-])cc1)OC1CO[C@H]2OCC[C@@H]12. The van der Waals surface area contributed by atoms with E-state index in [2.05, 4.69) is 10.6 Å². The second-order valence-electron chi connectivity index (χ2n) is 24.7. The quantitative estimate of drug-likeness (QED) is 0.0194. The average molecular weight is 1360 g/mol. The summed E-state index contributed by atoms with van der Waals surface area (Å²) in [4.78, 5) is 58.8. The summed E-state index contributed by atoms with van der Waals surface area (Å²) in [5.74, 6) is -0.105. The Hall–Kier alpha value is -6.99. The number of carbonyl (C=O) groups excluding carboxylic acids is 3. The second-order valence-corrected chi connectivity index (χ2v) is 28.3. The predicted molar refractivity (Wildman–Crippen MR) is 345 cm³/mol. The lowest BCUT2D eigenvalue weighted by Gasteiger charge is -2.32. The molecule has 95 heavy (non-hydrogen) atoms. The number of sulfonamides is 2. The number of amides is 2. The van der Waals surface area contributed by atoms with Gasteiger partial charge in [-0.25, -0.2) is 26.4 Å². The molecule has 10 atom stereocenters. The predicted octanol–water partition coefficient (Wildman–Crippen LogP) is 8.94. The van der Waals surface area contributed by atoms with E-state index in [1.807, 2.05) is 74.5 Å². The molecule has 25 nitrogen and oxygen atoms in total. The maximum atomic E-state index is 13.7. The maximum Gasteiger partial charge on any atom is 0.514 e. The number of hydroxylamine groups is 2. The number of nitro groups is 1. The van der Waals surface area contributed by atoms with Crippen LogP contribution in [0.15, 0.2) is 143 Å². The third-order valence-corrected chi connectivity index (χ3v) is 20.7. The molecule has 0 bridgehead atoms. The smallest absolute Gasteiger partial charge is 0.443 e. The molecule has 4 N–H and O–H groups in total. The van der Waals surface area contributed by atoms with Crippen molar-refractivity contribution >= 4 is 43.9 Å². The molecule has 0 spiro atoms. The number of benzene rings is 5. The summed E-state index contributed by atoms with van der Waals surface area (Å²) in [6.45, 7) is 6.16. The minimum absolute atomic E-state index is 0.0303. The fourth-order valence-electron chi connectivity index (χ4n) is 12.1. The number of hydrogen-bond acceptors (Lipinski definition) is 20. The number of nitrogens with zero attached hydrogens (tertiary/aromatic N) is 3. The summed E-state index contributed by atoms with van der Waals surface area (Å²) in [5.41, 5.74) is 3.59. The lowest BCUT2D eigenvalue weighted by Crippen LogP contribution is -2.51. The third-order valence-electron chi connectivity index (χ3n) is 17.4. The van der Waals surface area contributed by atoms with Crippen LogP contribution in [0.2, 0.25) is 0 Å². The second kappa shape index (κ2) is 34.8. The molecular formula is C68H87N5O20S2. The number of rotatable bonds is 24. The molecule has 516 valence electrons. The first-order valence-electron chi connectivity index (χ1n) is 32.5. The summed E-state index contributed by atoms with van der Waals surface area (Å²) < 4.78 is 93.9. The van der Waals surface area contributed by atoms with E-state index >= 15 is 0 Å². The van der Waals surface area contributed by atoms with Crippen molar-refractivity contribution in [1.82, 2.24) is 19.6 Å². The van der Waals surface area contributed by atoms with Gasteiger partial charge in [0.1, 0.15) is 18.0 Å². The minimum Gasteiger partial charge on any atom is -0.443 e. The number of aliphatic hydroxyl groups is 2. The average Bonchev–Trinajstić information content (AvgIpc) is 1.46. The molecule has 2 aliphatic carbocycles. The van der Waals surface area contributed by atoms with Crippen molar-refractivity contribution in [1.29, 1.82) is 0 Å². The third kappa shape index (κ3) is 21.0. The van der Waals surface area contributed by atoms with Gasteiger partial charge in [-0.15, -0.1) is 0 Å². The molecule has 6 fully saturated rings. The van der Waals surface area contributed by atoms with Gasteiger partial charge in [0, 0.05) is 19.1 Å². The monoisotopic (exact) mass is 1360 g/mol. The first kappa shape index (κ1) is 72.3. The van der Waals surface area contributed by atoms with Gasteiger partial charge in [0.2, 0.25) is 5.91 Å². The molecule has 6 aliphatic rings. The molecule has 27 heteroatoms. The van der Waals surface area contributed by atoms with Crippen LogP contribution in [0.3, 0.4) is 0 Å². The molecule has 4 saturated heterocycles. The summed E-state index contributed by atoms with van der Waals surface area (Å²) in [5, 5.41) is 38.6. The summed E-state index contributed by atoms with van der Waals surface area (Å²) >= 11 is 0. The van der Waals surface area contributed by atoms with Gasteiger partial charge in [0.05, 0.1) is 103 Å². The number of carbonyl (C=O) groups is 3. The molecule has 0 aromatic heterocycles. The van der Waals surface area contributed by atoms with Gasteiger partial charge >= 0.3 is 12.2 Å². The number of non-ortho nitro benzene ring substituents is 1. The molecule has 4 heterocycles. The number of nitro benzene ring substituents is 1. The van der Waals surface area contributed by atoms with Crippen molar-refractivity contribution < 1.29 is 89.2 Å². The highest BCUT2D eigenvalue weighted by atomic mass is 32.2. The van der Waals surface area contributed by atoms with Crippen molar-refractivity contribution in [2.24, 2.45) is 11.8 Å². The standard InChI is InChI=1S/C30H40N2O8S.C25H34N2O5S.C13H13NO7/c1-21-12-14-24(15-13-21)41(35,36)32(40-23-10-6-3-7-11-23)19-27(33)26(18-22-8-4-2-5-9-22)31-30(34)39-28-20-38-29-25(28)16-17-37-29;1-19-13-15-23(16-14-19)33(30,31)27(32-22-11-7-4-8-12-22)18-25(29)24(26-20(2)28)17-21-9-5-3-6-10-21;15-13(20-9-3-1-8(2-4-9)14(16)17)21-11-7-19-12-10(11)5-6-18-12/h2,4-5,8-9,12-15,23,25-29,33H,3,6-7,10-11,16-20H2,1H3,(H,31,34);3,5-6,9-10,13-16,22,24-25,29H,4,7-8,11-12,17-18H2,1-2H3,(H,26,28);1-4,10-12H,5-7H2/t25-,26-,27+,28?,29+;24-,25+;10-,11?,12+/m000/s1. The number of aryl methyl sites for hydroxylation is 2. The Bertz CT molecular complexity index is 3480. The lowest BCUT2D eigenvalue weighted by molar-refractivity contribution is -0.384. The van der Waals surface area contributed by atoms with Crippen LogP contribution in [-0.4, -0.2) is 160 Å². The molecule has 5 aromatic carbocycles. The van der Waals surface area contributed by atoms with Gasteiger partial charge in [-0.1, -0.05) is 144 Å². The summed E-state index contributed by atoms with van der Waals surface area (Å²) in [6.07, 6.45) is 5.19. The number of nitrogens with one attached hydrogen (secondary N) is 2. The highest BCUT2D eigenvalue weighted by Gasteiger charge is 2.46. The number of fused-ring (bicyclic) bond motifs is 2. The van der Waals surface area contributed by atoms with Gasteiger partial charge in [-0.2, -0.15) is 0 Å². The fraction of sp³-hybridized carbons (Fsp3) is 0.515. The van der Waals surface area contributed by atoms with E-state index in [9.17, 15) is 51.5 Å². The molecular weight excluding hydrogens is 1270 g/mol. The zero-order valence-electron chi connectivity index (χ0n) is 53.7. The molecule has 2 unspecified atom stereocenters. The molecule has 2 amide bonds. The number of hydrogen-bond donors (Lipinski definition) is 4. The highest BCUT2D eigenvalue weighted by molar-refractivity contribution is 7.89. The Balaban J connectivity index is 0.000000176. The first-order valence-corrected chi connectivity index (χ1v) is 35.4. The van der Waals surface area contributed by atoms with E-state index in [-0.39, 0.29) is 103 Å². The van der Waals surface area contributed by atoms with Crippen LogP contribution < -0.4 is 15.4 Å². The Morgan fingerprint density at radius 2 is 0.989 bits per heavy atom.